The van der Waals surface area contributed by atoms with E-state index in [1.807, 2.05) is 17.0 Å². The monoisotopic (exact) mass is 388 g/mol. The van der Waals surface area contributed by atoms with Crippen molar-refractivity contribution < 1.29 is 14.3 Å². The van der Waals surface area contributed by atoms with Gasteiger partial charge in [0.25, 0.3) is 0 Å². The van der Waals surface area contributed by atoms with Gasteiger partial charge in [-0.1, -0.05) is 13.3 Å². The van der Waals surface area contributed by atoms with Gasteiger partial charge in [0.15, 0.2) is 6.29 Å². The largest absolute Gasteiger partial charge is 0.373 e. The fourth-order valence-electron chi connectivity index (χ4n) is 4.97. The number of ether oxygens (including phenoxy) is 1. The Labute approximate surface area is 167 Å². The summed E-state index contributed by atoms with van der Waals surface area (Å²) in [5.74, 6) is 0.650. The van der Waals surface area contributed by atoms with Crippen LogP contribution >= 0.6 is 0 Å². The van der Waals surface area contributed by atoms with Gasteiger partial charge in [0.2, 0.25) is 0 Å². The van der Waals surface area contributed by atoms with Crippen LogP contribution in [-0.4, -0.2) is 74.0 Å². The van der Waals surface area contributed by atoms with E-state index in [4.69, 9.17) is 4.74 Å². The lowest BCUT2D eigenvalue weighted by Crippen LogP contribution is -2.50. The van der Waals surface area contributed by atoms with Crippen LogP contribution in [0, 0.1) is 11.8 Å². The van der Waals surface area contributed by atoms with Crippen molar-refractivity contribution in [2.45, 2.75) is 31.8 Å². The highest BCUT2D eigenvalue weighted by atomic mass is 16.5. The molecular weight excluding hydrogens is 356 g/mol. The van der Waals surface area contributed by atoms with Crippen LogP contribution in [0.1, 0.15) is 42.2 Å². The maximum atomic E-state index is 11.8. The first-order chi connectivity index (χ1) is 13.5. The zero-order valence-corrected chi connectivity index (χ0v) is 17.2. The fraction of sp³-hybridized carbons (Fsp3) is 0.667. The second-order valence-corrected chi connectivity index (χ2v) is 8.09. The Hall–Kier alpha value is -1.99. The van der Waals surface area contributed by atoms with E-state index in [9.17, 15) is 9.59 Å². The molecule has 154 valence electrons. The number of aromatic nitrogens is 1. The van der Waals surface area contributed by atoms with Gasteiger partial charge in [-0.15, -0.1) is 0 Å². The number of nitrogens with one attached hydrogen (secondary N) is 1. The molecule has 28 heavy (non-hydrogen) atoms. The van der Waals surface area contributed by atoms with Crippen molar-refractivity contribution in [1.82, 2.24) is 20.1 Å². The average Bonchev–Trinajstić information content (AvgIpc) is 3.12. The first-order valence-electron chi connectivity index (χ1n) is 10.2. The molecule has 3 atom stereocenters. The highest BCUT2D eigenvalue weighted by Crippen LogP contribution is 2.48. The molecule has 3 unspecified atom stereocenters. The fourth-order valence-corrected chi connectivity index (χ4v) is 4.97. The maximum absolute atomic E-state index is 11.8. The first-order valence-corrected chi connectivity index (χ1v) is 10.2. The molecule has 2 aliphatic rings. The number of carbonyl (C=O) groups excluding carboxylic acids is 2. The van der Waals surface area contributed by atoms with Gasteiger partial charge < -0.3 is 19.9 Å². The normalized spacial score (nSPS) is 27.9. The predicted octanol–water partition coefficient (Wildman–Crippen LogP) is 2.13. The molecule has 2 amide bonds. The van der Waals surface area contributed by atoms with Crippen molar-refractivity contribution >= 4 is 12.3 Å². The molecule has 0 aromatic carbocycles. The van der Waals surface area contributed by atoms with Gasteiger partial charge in [-0.2, -0.15) is 0 Å². The number of methoxy groups -OCH3 is 1. The van der Waals surface area contributed by atoms with E-state index in [-0.39, 0.29) is 6.03 Å². The Morgan fingerprint density at radius 1 is 1.46 bits per heavy atom. The quantitative estimate of drug-likeness (QED) is 0.691. The van der Waals surface area contributed by atoms with E-state index in [2.05, 4.69) is 29.2 Å². The molecule has 1 saturated heterocycles. The molecular formula is C21H32N4O3. The molecule has 3 rings (SSSR count). The first kappa shape index (κ1) is 20.7. The van der Waals surface area contributed by atoms with Crippen LogP contribution in [0.2, 0.25) is 0 Å². The lowest BCUT2D eigenvalue weighted by molar-refractivity contribution is -0.131. The van der Waals surface area contributed by atoms with E-state index >= 15 is 0 Å². The number of nitrogens with zero attached hydrogens (tertiary/aromatic N) is 3. The number of urea groups is 1. The van der Waals surface area contributed by atoms with Gasteiger partial charge in [0, 0.05) is 51.9 Å². The highest BCUT2D eigenvalue weighted by molar-refractivity contribution is 5.76. The number of aldehydes is 1. The highest BCUT2D eigenvalue weighted by Gasteiger charge is 2.47. The Balaban J connectivity index is 1.76. The minimum Gasteiger partial charge on any atom is -0.373 e. The van der Waals surface area contributed by atoms with E-state index in [0.717, 1.165) is 57.4 Å². The summed E-state index contributed by atoms with van der Waals surface area (Å²) in [5.41, 5.74) is 1.05. The molecule has 1 aromatic rings. The van der Waals surface area contributed by atoms with Crippen molar-refractivity contribution in [1.29, 1.82) is 0 Å². The van der Waals surface area contributed by atoms with Crippen LogP contribution in [0.15, 0.2) is 18.3 Å². The number of likely N-dealkylation sites (N-methyl/N-ethyl adjacent to an activating group) is 1. The van der Waals surface area contributed by atoms with Gasteiger partial charge in [0.1, 0.15) is 5.69 Å². The molecule has 7 heteroatoms. The minimum absolute atomic E-state index is 0.0316. The average molecular weight is 389 g/mol. The van der Waals surface area contributed by atoms with E-state index < -0.39 is 5.60 Å². The molecule has 1 N–H and O–H groups in total. The summed E-state index contributed by atoms with van der Waals surface area (Å²) < 4.78 is 6.24. The third-order valence-corrected chi connectivity index (χ3v) is 6.45. The van der Waals surface area contributed by atoms with Gasteiger partial charge in [-0.25, -0.2) is 4.79 Å². The van der Waals surface area contributed by atoms with E-state index in [0.29, 0.717) is 17.5 Å². The summed E-state index contributed by atoms with van der Waals surface area (Å²) in [7, 11) is 3.89. The molecule has 1 saturated carbocycles. The second-order valence-electron chi connectivity index (χ2n) is 8.09. The topological polar surface area (TPSA) is 74.8 Å². The minimum atomic E-state index is -0.432. The summed E-state index contributed by atoms with van der Waals surface area (Å²) >= 11 is 0. The Morgan fingerprint density at radius 2 is 2.29 bits per heavy atom. The lowest BCUT2D eigenvalue weighted by atomic mass is 9.65. The third kappa shape index (κ3) is 4.05. The summed E-state index contributed by atoms with van der Waals surface area (Å²) in [5, 5.41) is 2.85. The van der Waals surface area contributed by atoms with E-state index in [1.54, 1.807) is 13.3 Å². The van der Waals surface area contributed by atoms with Crippen LogP contribution in [0.3, 0.4) is 0 Å². The van der Waals surface area contributed by atoms with Crippen molar-refractivity contribution in [3.8, 4) is 0 Å². The van der Waals surface area contributed by atoms with Crippen LogP contribution in [-0.2, 0) is 10.3 Å². The predicted molar refractivity (Wildman–Crippen MR) is 107 cm³/mol. The summed E-state index contributed by atoms with van der Waals surface area (Å²) in [6.07, 6.45) is 5.84. The van der Waals surface area contributed by atoms with Crippen molar-refractivity contribution in [3.63, 3.8) is 0 Å². The van der Waals surface area contributed by atoms with Gasteiger partial charge in [-0.05, 0) is 43.5 Å². The third-order valence-electron chi connectivity index (χ3n) is 6.45. The number of rotatable bonds is 8. The van der Waals surface area contributed by atoms with Crippen LogP contribution in [0.4, 0.5) is 4.79 Å². The molecule has 1 aliphatic carbocycles. The smallest absolute Gasteiger partial charge is 0.317 e. The summed E-state index contributed by atoms with van der Waals surface area (Å²) in [6, 6.07) is 3.89. The Kier molecular flexibility index (Phi) is 6.67. The van der Waals surface area contributed by atoms with Gasteiger partial charge >= 0.3 is 6.03 Å². The van der Waals surface area contributed by atoms with E-state index in [1.165, 1.54) is 6.42 Å². The zero-order valence-electron chi connectivity index (χ0n) is 17.2. The van der Waals surface area contributed by atoms with Crippen LogP contribution in [0.25, 0.3) is 0 Å². The standard InChI is InChI=1S/C21H32N4O3/c1-16-5-4-6-18(14-24(2)11-12-25-10-9-23-20(25)27)21(16,28-3)17-7-8-22-19(13-17)15-26/h7-8,13,15-16,18H,4-6,9-12,14H2,1-3H3,(H,23,27). The Morgan fingerprint density at radius 3 is 2.96 bits per heavy atom. The molecule has 0 bridgehead atoms. The molecule has 1 aromatic heterocycles. The Bertz CT molecular complexity index is 698. The number of amides is 2. The van der Waals surface area contributed by atoms with Crippen molar-refractivity contribution in [2.24, 2.45) is 11.8 Å². The summed E-state index contributed by atoms with van der Waals surface area (Å²) in [4.78, 5) is 31.3. The van der Waals surface area contributed by atoms with Crippen LogP contribution < -0.4 is 5.32 Å². The molecule has 2 fully saturated rings. The molecule has 7 nitrogen and oxygen atoms in total. The van der Waals surface area contributed by atoms with Crippen molar-refractivity contribution in [2.75, 3.05) is 46.9 Å². The number of hydrogen-bond donors (Lipinski definition) is 1. The van der Waals surface area contributed by atoms with Gasteiger partial charge in [0.05, 0.1) is 5.60 Å². The molecule has 2 heterocycles. The number of hydrogen-bond acceptors (Lipinski definition) is 5. The zero-order chi connectivity index (χ0) is 20.1. The number of pyridine rings is 1. The lowest BCUT2D eigenvalue weighted by Gasteiger charge is -2.49. The SMILES string of the molecule is COC1(c2ccnc(C=O)c2)C(C)CCCC1CN(C)CCN1CCNC1=O. The number of carbonyl (C=O) groups is 2. The summed E-state index contributed by atoms with van der Waals surface area (Å²) in [6.45, 7) is 6.19. The molecule has 0 radical (unpaired) electrons. The second kappa shape index (κ2) is 9.01. The van der Waals surface area contributed by atoms with Crippen molar-refractivity contribution in [3.05, 3.63) is 29.6 Å². The van der Waals surface area contributed by atoms with Gasteiger partial charge in [-0.3, -0.25) is 9.78 Å². The molecule has 0 spiro atoms. The maximum Gasteiger partial charge on any atom is 0.317 e. The van der Waals surface area contributed by atoms with Crippen LogP contribution in [0.5, 0.6) is 0 Å². The molecule has 1 aliphatic heterocycles.